The number of amides is 2. The molecule has 5 nitrogen and oxygen atoms in total. The molecule has 0 spiro atoms. The molecule has 1 aromatic heterocycles. The Morgan fingerprint density at radius 3 is 2.54 bits per heavy atom. The first-order valence-corrected chi connectivity index (χ1v) is 9.09. The van der Waals surface area contributed by atoms with Crippen LogP contribution >= 0.6 is 0 Å². The van der Waals surface area contributed by atoms with Gasteiger partial charge in [-0.25, -0.2) is 0 Å². The predicted molar refractivity (Wildman–Crippen MR) is 93.6 cm³/mol. The van der Waals surface area contributed by atoms with Crippen molar-refractivity contribution in [3.8, 4) is 0 Å². The van der Waals surface area contributed by atoms with Gasteiger partial charge in [0, 0.05) is 25.0 Å². The van der Waals surface area contributed by atoms with Crippen LogP contribution in [0.1, 0.15) is 63.2 Å². The molecule has 1 atom stereocenters. The van der Waals surface area contributed by atoms with E-state index < -0.39 is 0 Å². The van der Waals surface area contributed by atoms with Crippen molar-refractivity contribution in [3.05, 3.63) is 24.2 Å². The van der Waals surface area contributed by atoms with Crippen LogP contribution in [0.25, 0.3) is 0 Å². The lowest BCUT2D eigenvalue weighted by molar-refractivity contribution is -0.126. The smallest absolute Gasteiger partial charge is 0.257 e. The molecule has 1 aliphatic rings. The molecule has 2 amide bonds. The average Bonchev–Trinajstić information content (AvgIpc) is 3.08. The summed E-state index contributed by atoms with van der Waals surface area (Å²) >= 11 is 0. The van der Waals surface area contributed by atoms with Crippen LogP contribution in [0.15, 0.2) is 23.0 Å². The number of carbonyl (C=O) groups is 2. The van der Waals surface area contributed by atoms with E-state index in [9.17, 15) is 9.59 Å². The third-order valence-electron chi connectivity index (χ3n) is 4.73. The molecule has 0 aliphatic carbocycles. The molecule has 1 saturated heterocycles. The van der Waals surface area contributed by atoms with Gasteiger partial charge in [0.2, 0.25) is 5.91 Å². The lowest BCUT2D eigenvalue weighted by Gasteiger charge is -2.31. The zero-order chi connectivity index (χ0) is 17.5. The van der Waals surface area contributed by atoms with Gasteiger partial charge in [0.05, 0.1) is 11.8 Å². The van der Waals surface area contributed by atoms with E-state index in [0.717, 1.165) is 25.7 Å². The third-order valence-corrected chi connectivity index (χ3v) is 4.73. The zero-order valence-electron chi connectivity index (χ0n) is 15.1. The summed E-state index contributed by atoms with van der Waals surface area (Å²) < 4.78 is 4.96. The van der Waals surface area contributed by atoms with Gasteiger partial charge in [0.25, 0.3) is 5.91 Å². The number of hydrogen-bond acceptors (Lipinski definition) is 3. The van der Waals surface area contributed by atoms with Gasteiger partial charge in [-0.3, -0.25) is 9.59 Å². The van der Waals surface area contributed by atoms with Gasteiger partial charge in [-0.15, -0.1) is 0 Å². The van der Waals surface area contributed by atoms with Gasteiger partial charge in [-0.2, -0.15) is 0 Å². The van der Waals surface area contributed by atoms with E-state index in [4.69, 9.17) is 4.42 Å². The van der Waals surface area contributed by atoms with Gasteiger partial charge in [0.1, 0.15) is 6.26 Å². The Labute approximate surface area is 144 Å². The van der Waals surface area contributed by atoms with E-state index in [2.05, 4.69) is 26.1 Å². The molecule has 0 saturated carbocycles. The van der Waals surface area contributed by atoms with Crippen LogP contribution in [0.3, 0.4) is 0 Å². The molecule has 1 unspecified atom stereocenters. The van der Waals surface area contributed by atoms with Crippen molar-refractivity contribution in [3.63, 3.8) is 0 Å². The predicted octanol–water partition coefficient (Wildman–Crippen LogP) is 3.46. The lowest BCUT2D eigenvalue weighted by atomic mass is 9.95. The quantitative estimate of drug-likeness (QED) is 0.830. The molecule has 1 N–H and O–H groups in total. The summed E-state index contributed by atoms with van der Waals surface area (Å²) in [5.74, 6) is 0.864. The molecule has 1 fully saturated rings. The fourth-order valence-corrected chi connectivity index (χ4v) is 3.18. The fraction of sp³-hybridized carbons (Fsp3) is 0.684. The van der Waals surface area contributed by atoms with Crippen LogP contribution in [0.5, 0.6) is 0 Å². The first-order chi connectivity index (χ1) is 11.5. The molecule has 0 aromatic carbocycles. The van der Waals surface area contributed by atoms with Gasteiger partial charge in [-0.1, -0.05) is 26.7 Å². The highest BCUT2D eigenvalue weighted by molar-refractivity contribution is 5.94. The number of likely N-dealkylation sites (tertiary alicyclic amines) is 1. The summed E-state index contributed by atoms with van der Waals surface area (Å²) in [6.07, 6.45) is 7.82. The Kier molecular flexibility index (Phi) is 6.88. The zero-order valence-corrected chi connectivity index (χ0v) is 15.1. The minimum atomic E-state index is -0.00957. The number of hydrogen-bond donors (Lipinski definition) is 1. The normalized spacial score (nSPS) is 17.1. The van der Waals surface area contributed by atoms with Crippen molar-refractivity contribution in [2.45, 2.75) is 58.9 Å². The lowest BCUT2D eigenvalue weighted by Crippen LogP contribution is -2.44. The van der Waals surface area contributed by atoms with Crippen LogP contribution < -0.4 is 5.32 Å². The summed E-state index contributed by atoms with van der Waals surface area (Å²) in [4.78, 5) is 26.4. The number of piperidine rings is 1. The van der Waals surface area contributed by atoms with E-state index in [1.165, 1.54) is 18.9 Å². The minimum absolute atomic E-state index is 0.00957. The van der Waals surface area contributed by atoms with Gasteiger partial charge < -0.3 is 14.6 Å². The van der Waals surface area contributed by atoms with Crippen LogP contribution in [0.4, 0.5) is 0 Å². The highest BCUT2D eigenvalue weighted by Gasteiger charge is 2.28. The second-order valence-corrected chi connectivity index (χ2v) is 7.31. The number of nitrogens with one attached hydrogen (secondary N) is 1. The second-order valence-electron chi connectivity index (χ2n) is 7.31. The van der Waals surface area contributed by atoms with Crippen LogP contribution in [-0.4, -0.2) is 35.8 Å². The number of rotatable bonds is 7. The topological polar surface area (TPSA) is 62.6 Å². The molecule has 1 aromatic rings. The van der Waals surface area contributed by atoms with Crippen molar-refractivity contribution in [2.24, 2.45) is 11.8 Å². The van der Waals surface area contributed by atoms with Gasteiger partial charge in [0.15, 0.2) is 0 Å². The third kappa shape index (κ3) is 5.39. The summed E-state index contributed by atoms with van der Waals surface area (Å²) in [5, 5.41) is 3.14. The average molecular weight is 334 g/mol. The van der Waals surface area contributed by atoms with Crippen molar-refractivity contribution >= 4 is 11.8 Å². The van der Waals surface area contributed by atoms with Crippen LogP contribution in [0, 0.1) is 11.8 Å². The summed E-state index contributed by atoms with van der Waals surface area (Å²) in [7, 11) is 0. The Balaban J connectivity index is 1.71. The Morgan fingerprint density at radius 2 is 1.96 bits per heavy atom. The molecule has 0 bridgehead atoms. The maximum Gasteiger partial charge on any atom is 0.257 e. The van der Waals surface area contributed by atoms with Crippen molar-refractivity contribution < 1.29 is 14.0 Å². The molecule has 5 heteroatoms. The highest BCUT2D eigenvalue weighted by Crippen LogP contribution is 2.20. The minimum Gasteiger partial charge on any atom is -0.472 e. The number of carbonyl (C=O) groups excluding carboxylic acids is 2. The molecule has 2 rings (SSSR count). The van der Waals surface area contributed by atoms with Crippen LogP contribution in [-0.2, 0) is 4.79 Å². The maximum absolute atomic E-state index is 12.4. The largest absolute Gasteiger partial charge is 0.472 e. The Morgan fingerprint density at radius 1 is 1.25 bits per heavy atom. The van der Waals surface area contributed by atoms with Gasteiger partial charge in [-0.05, 0) is 38.2 Å². The van der Waals surface area contributed by atoms with Crippen molar-refractivity contribution in [2.75, 3.05) is 13.1 Å². The molecule has 24 heavy (non-hydrogen) atoms. The van der Waals surface area contributed by atoms with E-state index >= 15 is 0 Å². The molecular weight excluding hydrogens is 304 g/mol. The first-order valence-electron chi connectivity index (χ1n) is 9.09. The Hall–Kier alpha value is -1.78. The van der Waals surface area contributed by atoms with E-state index in [0.29, 0.717) is 24.6 Å². The molecule has 2 heterocycles. The number of nitrogens with zero attached hydrogens (tertiary/aromatic N) is 1. The SMILES string of the molecule is CC(C)CCCC(C)NC(=O)C1CCN(C(=O)c2ccoc2)CC1. The molecule has 1 aliphatic heterocycles. The van der Waals surface area contributed by atoms with Gasteiger partial charge >= 0.3 is 0 Å². The highest BCUT2D eigenvalue weighted by atomic mass is 16.3. The van der Waals surface area contributed by atoms with Crippen molar-refractivity contribution in [1.29, 1.82) is 0 Å². The molecule has 0 radical (unpaired) electrons. The number of furan rings is 1. The van der Waals surface area contributed by atoms with E-state index in [-0.39, 0.29) is 23.8 Å². The van der Waals surface area contributed by atoms with Crippen molar-refractivity contribution in [1.82, 2.24) is 10.2 Å². The molecular formula is C19H30N2O3. The van der Waals surface area contributed by atoms with Crippen LogP contribution in [0.2, 0.25) is 0 Å². The van der Waals surface area contributed by atoms with E-state index in [1.807, 2.05) is 0 Å². The standard InChI is InChI=1S/C19H30N2O3/c1-14(2)5-4-6-15(3)20-18(22)16-7-10-21(11-8-16)19(23)17-9-12-24-13-17/h9,12-16H,4-8,10-11H2,1-3H3,(H,20,22). The second kappa shape index (κ2) is 8.90. The Bertz CT molecular complexity index is 517. The molecule has 134 valence electrons. The monoisotopic (exact) mass is 334 g/mol. The summed E-state index contributed by atoms with van der Waals surface area (Å²) in [6.45, 7) is 7.78. The first kappa shape index (κ1) is 18.6. The van der Waals surface area contributed by atoms with E-state index in [1.54, 1.807) is 11.0 Å². The summed E-state index contributed by atoms with van der Waals surface area (Å²) in [6, 6.07) is 1.90. The maximum atomic E-state index is 12.4. The summed E-state index contributed by atoms with van der Waals surface area (Å²) in [5.41, 5.74) is 0.580. The fourth-order valence-electron chi connectivity index (χ4n) is 3.18.